The van der Waals surface area contributed by atoms with Crippen molar-refractivity contribution >= 4 is 12.4 Å². The van der Waals surface area contributed by atoms with Crippen molar-refractivity contribution in [3.8, 4) is 5.75 Å². The molecule has 0 saturated heterocycles. The molecule has 0 spiro atoms. The van der Waals surface area contributed by atoms with Gasteiger partial charge in [0.25, 0.3) is 0 Å². The van der Waals surface area contributed by atoms with Gasteiger partial charge in [0.05, 0.1) is 0 Å². The van der Waals surface area contributed by atoms with Gasteiger partial charge in [0.1, 0.15) is 0 Å². The van der Waals surface area contributed by atoms with E-state index in [1.54, 1.807) is 12.1 Å². The minimum absolute atomic E-state index is 0. The number of aromatic hydroxyl groups is 1. The highest BCUT2D eigenvalue weighted by atomic mass is 35.5. The number of phenolic OH excluding ortho intramolecular Hbond substituents is 1. The van der Waals surface area contributed by atoms with Gasteiger partial charge in [0.15, 0.2) is 11.6 Å². The van der Waals surface area contributed by atoms with E-state index in [4.69, 9.17) is 5.73 Å². The first-order chi connectivity index (χ1) is 6.70. The van der Waals surface area contributed by atoms with E-state index in [1.807, 2.05) is 0 Å². The molecule has 15 heavy (non-hydrogen) atoms. The number of nitrogens with two attached hydrogens (primary N) is 1. The molecule has 1 fully saturated rings. The van der Waals surface area contributed by atoms with Gasteiger partial charge in [-0.25, -0.2) is 4.39 Å². The van der Waals surface area contributed by atoms with E-state index in [-0.39, 0.29) is 24.2 Å². The molecule has 1 saturated carbocycles. The summed E-state index contributed by atoms with van der Waals surface area (Å²) in [5, 5.41) is 9.48. The van der Waals surface area contributed by atoms with Crippen molar-refractivity contribution in [3.63, 3.8) is 0 Å². The number of rotatable bonds is 2. The lowest BCUT2D eigenvalue weighted by Gasteiger charge is -2.31. The van der Waals surface area contributed by atoms with Gasteiger partial charge < -0.3 is 10.8 Å². The van der Waals surface area contributed by atoms with E-state index in [0.29, 0.717) is 11.5 Å². The predicted molar refractivity (Wildman–Crippen MR) is 59.6 cm³/mol. The molecule has 1 aliphatic rings. The summed E-state index contributed by atoms with van der Waals surface area (Å²) in [7, 11) is 0. The number of phenols is 1. The summed E-state index contributed by atoms with van der Waals surface area (Å²) < 4.78 is 13.0. The normalized spacial score (nSPS) is 17.7. The van der Waals surface area contributed by atoms with Crippen LogP contribution < -0.4 is 5.73 Å². The van der Waals surface area contributed by atoms with E-state index in [9.17, 15) is 9.50 Å². The van der Waals surface area contributed by atoms with Crippen LogP contribution in [0.2, 0.25) is 0 Å². The average Bonchev–Trinajstić information content (AvgIpc) is 2.06. The third-order valence-corrected chi connectivity index (χ3v) is 3.03. The third kappa shape index (κ3) is 2.24. The lowest BCUT2D eigenvalue weighted by Crippen LogP contribution is -2.26. The second kappa shape index (κ2) is 4.81. The summed E-state index contributed by atoms with van der Waals surface area (Å²) in [6, 6.07) is 4.30. The van der Waals surface area contributed by atoms with E-state index in [0.717, 1.165) is 12.8 Å². The fourth-order valence-electron chi connectivity index (χ4n) is 1.85. The maximum Gasteiger partial charge on any atom is 0.165 e. The maximum atomic E-state index is 13.0. The van der Waals surface area contributed by atoms with Crippen LogP contribution in [-0.2, 0) is 0 Å². The Morgan fingerprint density at radius 3 is 2.60 bits per heavy atom. The highest BCUT2D eigenvalue weighted by Crippen LogP contribution is 2.39. The van der Waals surface area contributed by atoms with Gasteiger partial charge in [-0.15, -0.1) is 12.4 Å². The van der Waals surface area contributed by atoms with Gasteiger partial charge in [-0.3, -0.25) is 0 Å². The molecule has 84 valence electrons. The van der Waals surface area contributed by atoms with Gasteiger partial charge >= 0.3 is 0 Å². The molecule has 0 unspecified atom stereocenters. The molecule has 0 aromatic heterocycles. The van der Waals surface area contributed by atoms with Crippen molar-refractivity contribution in [3.05, 3.63) is 29.6 Å². The summed E-state index contributed by atoms with van der Waals surface area (Å²) in [6.45, 7) is 0. The predicted octanol–water partition coefficient (Wildman–Crippen LogP) is 2.75. The molecule has 4 heteroatoms. The second-order valence-electron chi connectivity index (χ2n) is 3.89. The Morgan fingerprint density at radius 1 is 1.40 bits per heavy atom. The second-order valence-corrected chi connectivity index (χ2v) is 3.89. The summed E-state index contributed by atoms with van der Waals surface area (Å²) in [4.78, 5) is 0. The summed E-state index contributed by atoms with van der Waals surface area (Å²) >= 11 is 0. The first kappa shape index (κ1) is 12.3. The van der Waals surface area contributed by atoms with Gasteiger partial charge in [-0.05, 0) is 24.8 Å². The van der Waals surface area contributed by atoms with E-state index < -0.39 is 5.82 Å². The number of benzene rings is 1. The van der Waals surface area contributed by atoms with Crippen molar-refractivity contribution in [2.24, 2.45) is 11.7 Å². The molecular formula is C11H15ClFNO. The standard InChI is InChI=1S/C11H14FNO.ClH/c12-9-6-2-5-8(11(9)14)10(13)7-3-1-4-7;/h2,5-7,10,14H,1,3-4,13H2;1H/t10-;/m1./s1. The Labute approximate surface area is 94.7 Å². The topological polar surface area (TPSA) is 46.2 Å². The van der Waals surface area contributed by atoms with Crippen molar-refractivity contribution in [1.82, 2.24) is 0 Å². The zero-order chi connectivity index (χ0) is 10.1. The molecular weight excluding hydrogens is 217 g/mol. The van der Waals surface area contributed by atoms with Gasteiger partial charge in [0, 0.05) is 11.6 Å². The average molecular weight is 232 g/mol. The van der Waals surface area contributed by atoms with Gasteiger partial charge in [-0.2, -0.15) is 0 Å². The summed E-state index contributed by atoms with van der Waals surface area (Å²) in [6.07, 6.45) is 3.35. The minimum atomic E-state index is -0.586. The molecule has 0 aliphatic heterocycles. The van der Waals surface area contributed by atoms with Crippen LogP contribution >= 0.6 is 12.4 Å². The SMILES string of the molecule is Cl.N[C@@H](c1cccc(F)c1O)C1CCC1. The molecule has 3 N–H and O–H groups in total. The fourth-order valence-corrected chi connectivity index (χ4v) is 1.85. The van der Waals surface area contributed by atoms with Gasteiger partial charge in [-0.1, -0.05) is 18.6 Å². The molecule has 1 aromatic carbocycles. The lowest BCUT2D eigenvalue weighted by molar-refractivity contribution is 0.259. The summed E-state index contributed by atoms with van der Waals surface area (Å²) in [5.74, 6) is -0.466. The molecule has 0 heterocycles. The van der Waals surface area contributed by atoms with E-state index in [1.165, 1.54) is 12.5 Å². The van der Waals surface area contributed by atoms with Crippen LogP contribution in [0.25, 0.3) is 0 Å². The third-order valence-electron chi connectivity index (χ3n) is 3.03. The van der Waals surface area contributed by atoms with E-state index >= 15 is 0 Å². The molecule has 1 aliphatic carbocycles. The first-order valence-electron chi connectivity index (χ1n) is 4.93. The molecule has 2 nitrogen and oxygen atoms in total. The zero-order valence-electron chi connectivity index (χ0n) is 8.32. The minimum Gasteiger partial charge on any atom is -0.505 e. The Hall–Kier alpha value is -0.800. The summed E-state index contributed by atoms with van der Waals surface area (Å²) in [5.41, 5.74) is 6.48. The number of halogens is 2. The van der Waals surface area contributed by atoms with Gasteiger partial charge in [0.2, 0.25) is 0 Å². The zero-order valence-corrected chi connectivity index (χ0v) is 9.14. The maximum absolute atomic E-state index is 13.0. The number of hydrogen-bond acceptors (Lipinski definition) is 2. The monoisotopic (exact) mass is 231 g/mol. The quantitative estimate of drug-likeness (QED) is 0.822. The van der Waals surface area contributed by atoms with Crippen molar-refractivity contribution < 1.29 is 9.50 Å². The highest BCUT2D eigenvalue weighted by Gasteiger charge is 2.27. The first-order valence-corrected chi connectivity index (χ1v) is 4.93. The highest BCUT2D eigenvalue weighted by molar-refractivity contribution is 5.85. The lowest BCUT2D eigenvalue weighted by atomic mass is 9.77. The Morgan fingerprint density at radius 2 is 2.07 bits per heavy atom. The molecule has 1 aromatic rings. The van der Waals surface area contributed by atoms with Crippen LogP contribution in [0.5, 0.6) is 5.75 Å². The molecule has 0 radical (unpaired) electrons. The number of hydrogen-bond donors (Lipinski definition) is 2. The smallest absolute Gasteiger partial charge is 0.165 e. The Balaban J connectivity index is 0.00000112. The van der Waals surface area contributed by atoms with Crippen LogP contribution in [0.3, 0.4) is 0 Å². The Kier molecular flexibility index (Phi) is 3.94. The Bertz CT molecular complexity index is 341. The van der Waals surface area contributed by atoms with Crippen LogP contribution in [0.1, 0.15) is 30.9 Å². The van der Waals surface area contributed by atoms with Crippen LogP contribution in [0.15, 0.2) is 18.2 Å². The molecule has 0 amide bonds. The van der Waals surface area contributed by atoms with E-state index in [2.05, 4.69) is 0 Å². The molecule has 0 bridgehead atoms. The fraction of sp³-hybridized carbons (Fsp3) is 0.455. The van der Waals surface area contributed by atoms with Crippen molar-refractivity contribution in [1.29, 1.82) is 0 Å². The largest absolute Gasteiger partial charge is 0.505 e. The number of para-hydroxylation sites is 1. The van der Waals surface area contributed by atoms with Crippen molar-refractivity contribution in [2.45, 2.75) is 25.3 Å². The molecule has 2 rings (SSSR count). The van der Waals surface area contributed by atoms with Crippen molar-refractivity contribution in [2.75, 3.05) is 0 Å². The molecule has 1 atom stereocenters. The van der Waals surface area contributed by atoms with Crippen LogP contribution in [0.4, 0.5) is 4.39 Å². The van der Waals surface area contributed by atoms with Crippen LogP contribution in [0, 0.1) is 11.7 Å². The van der Waals surface area contributed by atoms with Crippen LogP contribution in [-0.4, -0.2) is 5.11 Å².